The van der Waals surface area contributed by atoms with Gasteiger partial charge in [-0.2, -0.15) is 13.2 Å². The molecule has 1 amide bonds. The van der Waals surface area contributed by atoms with Crippen LogP contribution in [0.15, 0.2) is 48.7 Å². The van der Waals surface area contributed by atoms with Crippen molar-refractivity contribution in [3.63, 3.8) is 0 Å². The van der Waals surface area contributed by atoms with Crippen LogP contribution in [0.4, 0.5) is 23.4 Å². The predicted molar refractivity (Wildman–Crippen MR) is 134 cm³/mol. The van der Waals surface area contributed by atoms with Gasteiger partial charge in [0, 0.05) is 43.4 Å². The summed E-state index contributed by atoms with van der Waals surface area (Å²) in [7, 11) is 1.64. The maximum Gasteiger partial charge on any atom is 0.419 e. The third-order valence-electron chi connectivity index (χ3n) is 5.71. The Morgan fingerprint density at radius 3 is 2.63 bits per heavy atom. The van der Waals surface area contributed by atoms with Gasteiger partial charge >= 0.3 is 6.18 Å². The van der Waals surface area contributed by atoms with Gasteiger partial charge in [0.2, 0.25) is 0 Å². The highest BCUT2D eigenvalue weighted by Crippen LogP contribution is 2.35. The number of likely N-dealkylation sites (N-methyl/N-ethyl adjacent to an activating group) is 1. The molecule has 0 fully saturated rings. The molecule has 2 aromatic carbocycles. The molecule has 0 saturated heterocycles. The number of carbonyl (C=O) groups excluding carboxylic acids is 1. The molecule has 0 radical (unpaired) electrons. The third kappa shape index (κ3) is 7.62. The van der Waals surface area contributed by atoms with Crippen LogP contribution >= 0.6 is 0 Å². The monoisotopic (exact) mass is 535 g/mol. The SMILES string of the molecule is CCN(CCNC(=O)c1cccc(-c2cnc(N)c(OCc3cccc(F)c3C(F)(F)F)n2)c1)CCOC. The van der Waals surface area contributed by atoms with Crippen molar-refractivity contribution >= 4 is 11.7 Å². The molecule has 0 bridgehead atoms. The second-order valence-electron chi connectivity index (χ2n) is 8.27. The lowest BCUT2D eigenvalue weighted by Gasteiger charge is -2.20. The number of benzene rings is 2. The van der Waals surface area contributed by atoms with Crippen molar-refractivity contribution in [3.05, 3.63) is 71.2 Å². The van der Waals surface area contributed by atoms with Crippen LogP contribution in [0.2, 0.25) is 0 Å². The van der Waals surface area contributed by atoms with Gasteiger partial charge in [0.1, 0.15) is 12.4 Å². The summed E-state index contributed by atoms with van der Waals surface area (Å²) in [5.74, 6) is -2.05. The van der Waals surface area contributed by atoms with Crippen LogP contribution in [0, 0.1) is 5.82 Å². The zero-order chi connectivity index (χ0) is 27.7. The second-order valence-corrected chi connectivity index (χ2v) is 8.27. The van der Waals surface area contributed by atoms with Gasteiger partial charge in [-0.15, -0.1) is 0 Å². The van der Waals surface area contributed by atoms with Crippen LogP contribution in [-0.4, -0.2) is 60.7 Å². The molecule has 0 spiro atoms. The van der Waals surface area contributed by atoms with Crippen LogP contribution in [0.5, 0.6) is 5.88 Å². The maximum absolute atomic E-state index is 13.9. The molecular formula is C26H29F4N5O3. The highest BCUT2D eigenvalue weighted by Gasteiger charge is 2.36. The number of nitrogens with two attached hydrogens (primary N) is 1. The Hall–Kier alpha value is -3.77. The summed E-state index contributed by atoms with van der Waals surface area (Å²) in [6.07, 6.45) is -3.54. The Balaban J connectivity index is 1.72. The number of halogens is 4. The highest BCUT2D eigenvalue weighted by atomic mass is 19.4. The van der Waals surface area contributed by atoms with E-state index in [0.717, 1.165) is 31.3 Å². The van der Waals surface area contributed by atoms with Crippen molar-refractivity contribution in [1.29, 1.82) is 0 Å². The summed E-state index contributed by atoms with van der Waals surface area (Å²) >= 11 is 0. The number of hydrogen-bond acceptors (Lipinski definition) is 7. The van der Waals surface area contributed by atoms with E-state index in [1.54, 1.807) is 31.4 Å². The third-order valence-corrected chi connectivity index (χ3v) is 5.71. The van der Waals surface area contributed by atoms with Crippen LogP contribution in [-0.2, 0) is 17.5 Å². The van der Waals surface area contributed by atoms with E-state index in [4.69, 9.17) is 15.2 Å². The number of amides is 1. The quantitative estimate of drug-likeness (QED) is 0.336. The van der Waals surface area contributed by atoms with E-state index in [1.807, 2.05) is 6.92 Å². The molecule has 204 valence electrons. The van der Waals surface area contributed by atoms with Crippen LogP contribution in [0.3, 0.4) is 0 Å². The van der Waals surface area contributed by atoms with Crippen molar-refractivity contribution in [3.8, 4) is 17.1 Å². The van der Waals surface area contributed by atoms with Gasteiger partial charge in [-0.05, 0) is 24.7 Å². The minimum Gasteiger partial charge on any atom is -0.470 e. The number of aromatic nitrogens is 2. The van der Waals surface area contributed by atoms with E-state index in [9.17, 15) is 22.4 Å². The van der Waals surface area contributed by atoms with Crippen molar-refractivity contribution in [2.75, 3.05) is 45.6 Å². The van der Waals surface area contributed by atoms with E-state index in [2.05, 4.69) is 20.2 Å². The van der Waals surface area contributed by atoms with Crippen LogP contribution < -0.4 is 15.8 Å². The number of rotatable bonds is 12. The maximum atomic E-state index is 13.9. The average molecular weight is 536 g/mol. The topological polar surface area (TPSA) is 103 Å². The summed E-state index contributed by atoms with van der Waals surface area (Å²) in [5, 5.41) is 2.88. The first-order valence-corrected chi connectivity index (χ1v) is 11.8. The summed E-state index contributed by atoms with van der Waals surface area (Å²) < 4.78 is 64.2. The first kappa shape index (κ1) is 28.8. The van der Waals surface area contributed by atoms with Crippen LogP contribution in [0.1, 0.15) is 28.4 Å². The number of nitrogens with zero attached hydrogens (tertiary/aromatic N) is 3. The molecule has 0 aliphatic heterocycles. The number of anilines is 1. The lowest BCUT2D eigenvalue weighted by molar-refractivity contribution is -0.141. The first-order chi connectivity index (χ1) is 18.1. The Labute approximate surface area is 217 Å². The summed E-state index contributed by atoms with van der Waals surface area (Å²) in [6.45, 7) is 4.69. The molecule has 0 unspecified atom stereocenters. The van der Waals surface area contributed by atoms with E-state index in [1.165, 1.54) is 6.20 Å². The fourth-order valence-corrected chi connectivity index (χ4v) is 3.68. The first-order valence-electron chi connectivity index (χ1n) is 11.8. The molecule has 1 aromatic heterocycles. The van der Waals surface area contributed by atoms with Crippen molar-refractivity contribution < 1.29 is 31.8 Å². The minimum atomic E-state index is -4.90. The zero-order valence-electron chi connectivity index (χ0n) is 21.0. The molecule has 3 N–H and O–H groups in total. The smallest absolute Gasteiger partial charge is 0.419 e. The molecule has 1 heterocycles. The summed E-state index contributed by atoms with van der Waals surface area (Å²) in [6, 6.07) is 9.61. The highest BCUT2D eigenvalue weighted by molar-refractivity contribution is 5.95. The standard InChI is InChI=1S/C26H29F4N5O3/c1-3-35(12-13-37-2)11-10-32-24(36)18-7-4-6-17(14-18)21-15-33-23(31)25(34-21)38-16-19-8-5-9-20(27)22(19)26(28,29)30/h4-9,14-15H,3,10-13,16H2,1-2H3,(H2,31,33)(H,32,36). The molecule has 0 saturated carbocycles. The average Bonchev–Trinajstić information content (AvgIpc) is 2.89. The van der Waals surface area contributed by atoms with Gasteiger partial charge in [0.15, 0.2) is 5.82 Å². The van der Waals surface area contributed by atoms with Gasteiger partial charge in [-0.25, -0.2) is 14.4 Å². The number of nitrogen functional groups attached to an aromatic ring is 1. The van der Waals surface area contributed by atoms with E-state index >= 15 is 0 Å². The number of methoxy groups -OCH3 is 1. The zero-order valence-corrected chi connectivity index (χ0v) is 21.0. The lowest BCUT2D eigenvalue weighted by Crippen LogP contribution is -2.36. The Kier molecular flexibility index (Phi) is 9.97. The number of nitrogens with one attached hydrogen (secondary N) is 1. The van der Waals surface area contributed by atoms with Crippen molar-refractivity contribution in [2.24, 2.45) is 0 Å². The summed E-state index contributed by atoms with van der Waals surface area (Å²) in [4.78, 5) is 23.1. The Morgan fingerprint density at radius 1 is 1.16 bits per heavy atom. The number of alkyl halides is 3. The van der Waals surface area contributed by atoms with Gasteiger partial charge < -0.3 is 20.5 Å². The number of carbonyl (C=O) groups is 1. The minimum absolute atomic E-state index is 0.151. The number of ether oxygens (including phenoxy) is 2. The van der Waals surface area contributed by atoms with E-state index < -0.39 is 29.7 Å². The fraction of sp³-hybridized carbons (Fsp3) is 0.346. The molecule has 38 heavy (non-hydrogen) atoms. The van der Waals surface area contributed by atoms with Crippen molar-refractivity contribution in [2.45, 2.75) is 19.7 Å². The Morgan fingerprint density at radius 2 is 1.92 bits per heavy atom. The molecule has 8 nitrogen and oxygen atoms in total. The molecule has 3 aromatic rings. The molecule has 12 heteroatoms. The van der Waals surface area contributed by atoms with E-state index in [-0.39, 0.29) is 23.3 Å². The molecular weight excluding hydrogens is 506 g/mol. The Bertz CT molecular complexity index is 1240. The predicted octanol–water partition coefficient (Wildman–Crippen LogP) is 4.16. The van der Waals surface area contributed by atoms with Gasteiger partial charge in [0.25, 0.3) is 11.8 Å². The van der Waals surface area contributed by atoms with Gasteiger partial charge in [-0.3, -0.25) is 9.69 Å². The van der Waals surface area contributed by atoms with Crippen LogP contribution in [0.25, 0.3) is 11.3 Å². The summed E-state index contributed by atoms with van der Waals surface area (Å²) in [5.41, 5.74) is 5.18. The molecule has 0 aliphatic rings. The van der Waals surface area contributed by atoms with E-state index in [0.29, 0.717) is 30.8 Å². The van der Waals surface area contributed by atoms with Crippen molar-refractivity contribution in [1.82, 2.24) is 20.2 Å². The van der Waals surface area contributed by atoms with Gasteiger partial charge in [-0.1, -0.05) is 31.2 Å². The largest absolute Gasteiger partial charge is 0.470 e. The lowest BCUT2D eigenvalue weighted by atomic mass is 10.1. The fourth-order valence-electron chi connectivity index (χ4n) is 3.68. The second kappa shape index (κ2) is 13.2. The molecule has 0 aliphatic carbocycles. The normalized spacial score (nSPS) is 11.6. The molecule has 3 rings (SSSR count). The molecule has 0 atom stereocenters. The number of hydrogen-bond donors (Lipinski definition) is 2. The van der Waals surface area contributed by atoms with Gasteiger partial charge in [0.05, 0.1) is 24.1 Å².